The van der Waals surface area contributed by atoms with E-state index in [1.807, 2.05) is 12.5 Å². The van der Waals surface area contributed by atoms with Gasteiger partial charge in [-0.1, -0.05) is 0 Å². The van der Waals surface area contributed by atoms with E-state index < -0.39 is 0 Å². The van der Waals surface area contributed by atoms with E-state index >= 15 is 0 Å². The number of nitrogens with one attached hydrogen (secondary N) is 1. The van der Waals surface area contributed by atoms with Crippen molar-refractivity contribution in [2.24, 2.45) is 7.05 Å². The Morgan fingerprint density at radius 1 is 1.54 bits per heavy atom. The van der Waals surface area contributed by atoms with Crippen molar-refractivity contribution in [3.63, 3.8) is 0 Å². The molecule has 1 aliphatic rings. The normalized spacial score (nSPS) is 29.1. The Bertz CT molecular complexity index is 279. The van der Waals surface area contributed by atoms with Crippen molar-refractivity contribution in [3.05, 3.63) is 18.2 Å². The first-order valence-electron chi connectivity index (χ1n) is 4.99. The van der Waals surface area contributed by atoms with Crippen molar-refractivity contribution >= 4 is 0 Å². The highest BCUT2D eigenvalue weighted by Gasteiger charge is 2.20. The molecule has 2 atom stereocenters. The monoisotopic (exact) mass is 179 g/mol. The third-order valence-electron chi connectivity index (χ3n) is 2.83. The van der Waals surface area contributed by atoms with Crippen molar-refractivity contribution in [3.8, 4) is 0 Å². The molecule has 1 saturated heterocycles. The molecular weight excluding hydrogens is 162 g/mol. The van der Waals surface area contributed by atoms with Crippen molar-refractivity contribution in [2.45, 2.75) is 38.3 Å². The molecule has 0 spiro atoms. The lowest BCUT2D eigenvalue weighted by Crippen LogP contribution is -2.35. The molecule has 3 heteroatoms. The van der Waals surface area contributed by atoms with E-state index in [0.29, 0.717) is 12.1 Å². The SMILES string of the molecule is CC1CCCC(c2cncn2C)N1. The average Bonchev–Trinajstić information content (AvgIpc) is 2.51. The van der Waals surface area contributed by atoms with Crippen LogP contribution in [0.15, 0.2) is 12.5 Å². The number of aromatic nitrogens is 2. The molecule has 0 saturated carbocycles. The van der Waals surface area contributed by atoms with Gasteiger partial charge in [0.15, 0.2) is 0 Å². The highest BCUT2D eigenvalue weighted by atomic mass is 15.1. The van der Waals surface area contributed by atoms with Crippen LogP contribution in [0.2, 0.25) is 0 Å². The van der Waals surface area contributed by atoms with Gasteiger partial charge in [-0.3, -0.25) is 0 Å². The number of aryl methyl sites for hydroxylation is 1. The summed E-state index contributed by atoms with van der Waals surface area (Å²) in [5.74, 6) is 0. The Morgan fingerprint density at radius 2 is 2.38 bits per heavy atom. The summed E-state index contributed by atoms with van der Waals surface area (Å²) in [6.07, 6.45) is 7.70. The molecule has 2 unspecified atom stereocenters. The van der Waals surface area contributed by atoms with Gasteiger partial charge >= 0.3 is 0 Å². The minimum atomic E-state index is 0.510. The van der Waals surface area contributed by atoms with E-state index in [-0.39, 0.29) is 0 Å². The number of nitrogens with zero attached hydrogens (tertiary/aromatic N) is 2. The number of imidazole rings is 1. The summed E-state index contributed by atoms with van der Waals surface area (Å²) in [5.41, 5.74) is 1.31. The fraction of sp³-hybridized carbons (Fsp3) is 0.700. The fourth-order valence-electron chi connectivity index (χ4n) is 2.07. The number of rotatable bonds is 1. The van der Waals surface area contributed by atoms with E-state index in [2.05, 4.69) is 28.8 Å². The molecule has 2 rings (SSSR count). The Morgan fingerprint density at radius 3 is 3.00 bits per heavy atom. The second-order valence-corrected chi connectivity index (χ2v) is 3.98. The maximum atomic E-state index is 4.14. The summed E-state index contributed by atoms with van der Waals surface area (Å²) in [6, 6.07) is 1.16. The Balaban J connectivity index is 2.12. The smallest absolute Gasteiger partial charge is 0.0946 e. The molecule has 1 aromatic rings. The maximum Gasteiger partial charge on any atom is 0.0946 e. The molecule has 3 nitrogen and oxygen atoms in total. The second-order valence-electron chi connectivity index (χ2n) is 3.98. The van der Waals surface area contributed by atoms with Crippen LogP contribution in [0.25, 0.3) is 0 Å². The molecule has 0 aromatic carbocycles. The van der Waals surface area contributed by atoms with Crippen LogP contribution >= 0.6 is 0 Å². The minimum absolute atomic E-state index is 0.510. The molecule has 13 heavy (non-hydrogen) atoms. The first-order valence-corrected chi connectivity index (χ1v) is 4.99. The third kappa shape index (κ3) is 1.75. The van der Waals surface area contributed by atoms with E-state index in [1.165, 1.54) is 25.0 Å². The van der Waals surface area contributed by atoms with E-state index in [1.54, 1.807) is 0 Å². The molecule has 1 fully saturated rings. The van der Waals surface area contributed by atoms with Gasteiger partial charge in [0.2, 0.25) is 0 Å². The molecule has 2 heterocycles. The van der Waals surface area contributed by atoms with E-state index in [0.717, 1.165) is 0 Å². The zero-order valence-corrected chi connectivity index (χ0v) is 8.33. The molecule has 0 amide bonds. The quantitative estimate of drug-likeness (QED) is 0.710. The van der Waals surface area contributed by atoms with Crippen molar-refractivity contribution in [1.82, 2.24) is 14.9 Å². The standard InChI is InChI=1S/C10H17N3/c1-8-4-3-5-9(12-8)10-6-11-7-13(10)2/h6-9,12H,3-5H2,1-2H3. The van der Waals surface area contributed by atoms with Gasteiger partial charge in [-0.05, 0) is 26.2 Å². The van der Waals surface area contributed by atoms with Gasteiger partial charge in [0.1, 0.15) is 0 Å². The zero-order chi connectivity index (χ0) is 9.26. The molecule has 1 aliphatic heterocycles. The lowest BCUT2D eigenvalue weighted by Gasteiger charge is -2.28. The predicted molar refractivity (Wildman–Crippen MR) is 52.4 cm³/mol. The van der Waals surface area contributed by atoms with Crippen LogP contribution in [0.5, 0.6) is 0 Å². The van der Waals surface area contributed by atoms with Gasteiger partial charge in [-0.15, -0.1) is 0 Å². The highest BCUT2D eigenvalue weighted by molar-refractivity contribution is 5.06. The van der Waals surface area contributed by atoms with Gasteiger partial charge in [0, 0.05) is 25.3 Å². The van der Waals surface area contributed by atoms with Gasteiger partial charge in [0.05, 0.1) is 12.0 Å². The lowest BCUT2D eigenvalue weighted by molar-refractivity contribution is 0.332. The number of hydrogen-bond donors (Lipinski definition) is 1. The third-order valence-corrected chi connectivity index (χ3v) is 2.83. The first-order chi connectivity index (χ1) is 6.27. The molecule has 0 aliphatic carbocycles. The van der Waals surface area contributed by atoms with Gasteiger partial charge in [0.25, 0.3) is 0 Å². The summed E-state index contributed by atoms with van der Waals surface area (Å²) in [4.78, 5) is 4.14. The maximum absolute atomic E-state index is 4.14. The van der Waals surface area contributed by atoms with Crippen LogP contribution in [0, 0.1) is 0 Å². The van der Waals surface area contributed by atoms with Crippen molar-refractivity contribution in [1.29, 1.82) is 0 Å². The summed E-state index contributed by atoms with van der Waals surface area (Å²) in [6.45, 7) is 2.25. The second kappa shape index (κ2) is 3.50. The molecule has 1 aromatic heterocycles. The summed E-state index contributed by atoms with van der Waals surface area (Å²) >= 11 is 0. The van der Waals surface area contributed by atoms with Crippen LogP contribution < -0.4 is 5.32 Å². The molecule has 0 bridgehead atoms. The summed E-state index contributed by atoms with van der Waals surface area (Å²) in [5, 5.41) is 3.60. The largest absolute Gasteiger partial charge is 0.336 e. The summed E-state index contributed by atoms with van der Waals surface area (Å²) in [7, 11) is 2.06. The Hall–Kier alpha value is -0.830. The molecular formula is C10H17N3. The molecule has 1 N–H and O–H groups in total. The Labute approximate surface area is 79.2 Å². The van der Waals surface area contributed by atoms with Gasteiger partial charge in [-0.2, -0.15) is 0 Å². The van der Waals surface area contributed by atoms with Gasteiger partial charge in [-0.25, -0.2) is 4.98 Å². The topological polar surface area (TPSA) is 29.9 Å². The number of piperidine rings is 1. The fourth-order valence-corrected chi connectivity index (χ4v) is 2.07. The molecule has 0 radical (unpaired) electrons. The number of hydrogen-bond acceptors (Lipinski definition) is 2. The van der Waals surface area contributed by atoms with E-state index in [9.17, 15) is 0 Å². The average molecular weight is 179 g/mol. The predicted octanol–water partition coefficient (Wildman–Crippen LogP) is 1.62. The van der Waals surface area contributed by atoms with Crippen LogP contribution in [-0.4, -0.2) is 15.6 Å². The van der Waals surface area contributed by atoms with Crippen molar-refractivity contribution in [2.75, 3.05) is 0 Å². The molecule has 72 valence electrons. The summed E-state index contributed by atoms with van der Waals surface area (Å²) < 4.78 is 2.11. The van der Waals surface area contributed by atoms with E-state index in [4.69, 9.17) is 0 Å². The van der Waals surface area contributed by atoms with Crippen LogP contribution in [0.4, 0.5) is 0 Å². The zero-order valence-electron chi connectivity index (χ0n) is 8.33. The Kier molecular flexibility index (Phi) is 2.36. The first kappa shape index (κ1) is 8.75. The van der Waals surface area contributed by atoms with Gasteiger partial charge < -0.3 is 9.88 Å². The van der Waals surface area contributed by atoms with Crippen LogP contribution in [0.1, 0.15) is 37.9 Å². The van der Waals surface area contributed by atoms with Crippen LogP contribution in [-0.2, 0) is 7.05 Å². The van der Waals surface area contributed by atoms with Crippen LogP contribution in [0.3, 0.4) is 0 Å². The van der Waals surface area contributed by atoms with Crippen molar-refractivity contribution < 1.29 is 0 Å². The highest BCUT2D eigenvalue weighted by Crippen LogP contribution is 2.24. The lowest BCUT2D eigenvalue weighted by atomic mass is 9.98. The minimum Gasteiger partial charge on any atom is -0.336 e.